The van der Waals surface area contributed by atoms with Crippen LogP contribution in [0, 0.1) is 0 Å². The quantitative estimate of drug-likeness (QED) is 0.213. The molecule has 0 spiro atoms. The fourth-order valence-electron chi connectivity index (χ4n) is 6.50. The Morgan fingerprint density at radius 1 is 0.875 bits per heavy atom. The first-order valence-electron chi connectivity index (χ1n) is 13.6. The summed E-state index contributed by atoms with van der Waals surface area (Å²) in [4.78, 5) is 16.3. The summed E-state index contributed by atoms with van der Waals surface area (Å²) in [6.45, 7) is 5.61. The number of rotatable bonds is 5. The third-order valence-corrected chi connectivity index (χ3v) is 8.19. The van der Waals surface area contributed by atoms with E-state index in [0.717, 1.165) is 27.9 Å². The number of anilines is 1. The summed E-state index contributed by atoms with van der Waals surface area (Å²) in [7, 11) is 0. The highest BCUT2D eigenvalue weighted by atomic mass is 35.5. The molecule has 2 N–H and O–H groups in total. The van der Waals surface area contributed by atoms with Crippen molar-refractivity contribution < 1.29 is 14.6 Å². The SMILES string of the molecule is CC(C)(C)OC(=O)[C@@H]1C[C@@]2(O)c3ccc(Cl)cc3N[C@H]2N1C(c1ccccc1)(c1ccccc1)c1ccccc1. The second-order valence-electron chi connectivity index (χ2n) is 11.6. The molecule has 6 rings (SSSR count). The van der Waals surface area contributed by atoms with Crippen LogP contribution in [0.4, 0.5) is 5.69 Å². The molecule has 0 aliphatic carbocycles. The topological polar surface area (TPSA) is 61.8 Å². The van der Waals surface area contributed by atoms with E-state index in [1.807, 2.05) is 87.5 Å². The van der Waals surface area contributed by atoms with Gasteiger partial charge >= 0.3 is 5.97 Å². The maximum Gasteiger partial charge on any atom is 0.324 e. The van der Waals surface area contributed by atoms with Crippen LogP contribution in [0.15, 0.2) is 109 Å². The number of esters is 1. The van der Waals surface area contributed by atoms with Crippen molar-refractivity contribution in [3.8, 4) is 0 Å². The van der Waals surface area contributed by atoms with Crippen LogP contribution < -0.4 is 5.32 Å². The van der Waals surface area contributed by atoms with Crippen LogP contribution >= 0.6 is 11.6 Å². The molecular weight excluding hydrogens is 520 g/mol. The van der Waals surface area contributed by atoms with Gasteiger partial charge in [-0.05, 0) is 49.6 Å². The Bertz CT molecular complexity index is 1420. The minimum Gasteiger partial charge on any atom is -0.459 e. The van der Waals surface area contributed by atoms with Crippen molar-refractivity contribution >= 4 is 23.3 Å². The van der Waals surface area contributed by atoms with Crippen molar-refractivity contribution in [3.63, 3.8) is 0 Å². The molecule has 5 nitrogen and oxygen atoms in total. The fraction of sp³-hybridized carbons (Fsp3) is 0.265. The Morgan fingerprint density at radius 3 is 1.85 bits per heavy atom. The molecule has 1 saturated heterocycles. The third kappa shape index (κ3) is 4.21. The summed E-state index contributed by atoms with van der Waals surface area (Å²) >= 11 is 6.38. The molecule has 0 amide bonds. The Hall–Kier alpha value is -3.64. The Morgan fingerprint density at radius 2 is 1.38 bits per heavy atom. The molecule has 40 heavy (non-hydrogen) atoms. The number of nitrogens with zero attached hydrogens (tertiary/aromatic N) is 1. The van der Waals surface area contributed by atoms with Crippen molar-refractivity contribution in [3.05, 3.63) is 136 Å². The number of aliphatic hydroxyl groups is 1. The zero-order valence-corrected chi connectivity index (χ0v) is 23.6. The second kappa shape index (κ2) is 9.77. The molecule has 0 unspecified atom stereocenters. The van der Waals surface area contributed by atoms with E-state index in [4.69, 9.17) is 16.3 Å². The van der Waals surface area contributed by atoms with Crippen LogP contribution in [-0.4, -0.2) is 33.8 Å². The lowest BCUT2D eigenvalue weighted by Gasteiger charge is -2.48. The van der Waals surface area contributed by atoms with Gasteiger partial charge in [0, 0.05) is 22.7 Å². The van der Waals surface area contributed by atoms with Gasteiger partial charge in [0.15, 0.2) is 0 Å². The smallest absolute Gasteiger partial charge is 0.324 e. The van der Waals surface area contributed by atoms with Gasteiger partial charge in [-0.1, -0.05) is 109 Å². The lowest BCUT2D eigenvalue weighted by atomic mass is 9.75. The average molecular weight is 553 g/mol. The number of benzene rings is 4. The zero-order valence-electron chi connectivity index (χ0n) is 22.8. The zero-order chi connectivity index (χ0) is 28.1. The number of hydrogen-bond acceptors (Lipinski definition) is 5. The van der Waals surface area contributed by atoms with E-state index in [0.29, 0.717) is 5.02 Å². The molecular formula is C34H33ClN2O3. The lowest BCUT2D eigenvalue weighted by Crippen LogP contribution is -2.59. The highest BCUT2D eigenvalue weighted by Crippen LogP contribution is 2.57. The number of likely N-dealkylation sites (tertiary alicyclic amines) is 1. The molecule has 0 saturated carbocycles. The molecule has 2 aliphatic rings. The van der Waals surface area contributed by atoms with E-state index in [1.165, 1.54) is 0 Å². The van der Waals surface area contributed by atoms with E-state index in [1.54, 1.807) is 6.07 Å². The van der Waals surface area contributed by atoms with E-state index in [-0.39, 0.29) is 12.4 Å². The second-order valence-corrected chi connectivity index (χ2v) is 12.1. The highest BCUT2D eigenvalue weighted by molar-refractivity contribution is 6.30. The van der Waals surface area contributed by atoms with Gasteiger partial charge in [-0.3, -0.25) is 4.79 Å². The lowest BCUT2D eigenvalue weighted by molar-refractivity contribution is -0.162. The molecule has 2 heterocycles. The van der Waals surface area contributed by atoms with Crippen LogP contribution in [0.1, 0.15) is 49.4 Å². The summed E-state index contributed by atoms with van der Waals surface area (Å²) < 4.78 is 6.03. The number of fused-ring (bicyclic) bond motifs is 3. The van der Waals surface area contributed by atoms with Crippen molar-refractivity contribution in [2.75, 3.05) is 5.32 Å². The van der Waals surface area contributed by atoms with Gasteiger partial charge in [0.1, 0.15) is 23.4 Å². The summed E-state index contributed by atoms with van der Waals surface area (Å²) in [5, 5.41) is 16.7. The minimum atomic E-state index is -1.37. The molecule has 0 radical (unpaired) electrons. The van der Waals surface area contributed by atoms with Gasteiger partial charge in [-0.15, -0.1) is 0 Å². The first-order chi connectivity index (χ1) is 19.1. The Labute approximate surface area is 240 Å². The van der Waals surface area contributed by atoms with E-state index < -0.39 is 28.9 Å². The molecule has 3 atom stereocenters. The van der Waals surface area contributed by atoms with Gasteiger partial charge in [0.25, 0.3) is 0 Å². The van der Waals surface area contributed by atoms with Crippen LogP contribution in [0.5, 0.6) is 0 Å². The number of nitrogens with one attached hydrogen (secondary N) is 1. The number of hydrogen-bond donors (Lipinski definition) is 2. The van der Waals surface area contributed by atoms with Crippen LogP contribution in [0.25, 0.3) is 0 Å². The molecule has 0 bridgehead atoms. The third-order valence-electron chi connectivity index (χ3n) is 7.95. The molecule has 0 aromatic heterocycles. The standard InChI is InChI=1S/C34H33ClN2O3/c1-32(2,3)40-30(38)29-22-33(39)27-20-19-26(35)21-28(27)36-31(33)37(29)34(23-13-7-4-8-14-23,24-15-9-5-10-16-24)25-17-11-6-12-18-25/h4-21,29,31,36,39H,22H2,1-3H3/t29-,31-,33+/m0/s1. The molecule has 2 aliphatic heterocycles. The van der Waals surface area contributed by atoms with E-state index >= 15 is 0 Å². The largest absolute Gasteiger partial charge is 0.459 e. The normalized spacial score (nSPS) is 22.3. The molecule has 1 fully saturated rings. The van der Waals surface area contributed by atoms with Crippen molar-refractivity contribution in [2.24, 2.45) is 0 Å². The van der Waals surface area contributed by atoms with Gasteiger partial charge in [0.05, 0.1) is 5.54 Å². The summed E-state index contributed by atoms with van der Waals surface area (Å²) in [5.74, 6) is -0.375. The van der Waals surface area contributed by atoms with Gasteiger partial charge < -0.3 is 15.2 Å². The van der Waals surface area contributed by atoms with Crippen molar-refractivity contribution in [1.29, 1.82) is 0 Å². The van der Waals surface area contributed by atoms with Crippen molar-refractivity contribution in [2.45, 2.75) is 56.1 Å². The molecule has 204 valence electrons. The maximum absolute atomic E-state index is 14.1. The molecule has 4 aromatic rings. The summed E-state index contributed by atoms with van der Waals surface area (Å²) in [6.07, 6.45) is -0.498. The first-order valence-corrected chi connectivity index (χ1v) is 14.0. The fourth-order valence-corrected chi connectivity index (χ4v) is 6.67. The summed E-state index contributed by atoms with van der Waals surface area (Å²) in [6, 6.07) is 35.3. The van der Waals surface area contributed by atoms with Crippen molar-refractivity contribution in [1.82, 2.24) is 4.90 Å². The Balaban J connectivity index is 1.67. The summed E-state index contributed by atoms with van der Waals surface area (Å²) in [5.41, 5.74) is 1.38. The number of carbonyl (C=O) groups is 1. The monoisotopic (exact) mass is 552 g/mol. The van der Waals surface area contributed by atoms with Gasteiger partial charge in [-0.2, -0.15) is 0 Å². The van der Waals surface area contributed by atoms with Gasteiger partial charge in [-0.25, -0.2) is 4.90 Å². The van der Waals surface area contributed by atoms with Crippen LogP contribution in [0.2, 0.25) is 5.02 Å². The number of ether oxygens (including phenoxy) is 1. The van der Waals surface area contributed by atoms with Crippen LogP contribution in [-0.2, 0) is 20.7 Å². The van der Waals surface area contributed by atoms with Crippen LogP contribution in [0.3, 0.4) is 0 Å². The number of halogens is 1. The van der Waals surface area contributed by atoms with E-state index in [9.17, 15) is 9.90 Å². The predicted molar refractivity (Wildman–Crippen MR) is 158 cm³/mol. The molecule has 4 aromatic carbocycles. The average Bonchev–Trinajstić information content (AvgIpc) is 3.38. The minimum absolute atomic E-state index is 0.155. The number of carbonyl (C=O) groups excluding carboxylic acids is 1. The first kappa shape index (κ1) is 26.6. The Kier molecular flexibility index (Phi) is 6.49. The van der Waals surface area contributed by atoms with Gasteiger partial charge in [0.2, 0.25) is 0 Å². The van der Waals surface area contributed by atoms with E-state index in [2.05, 4.69) is 46.6 Å². The highest BCUT2D eigenvalue weighted by Gasteiger charge is 2.65. The molecule has 6 heteroatoms. The predicted octanol–water partition coefficient (Wildman–Crippen LogP) is 6.69. The maximum atomic E-state index is 14.1.